The molecule has 26 heavy (non-hydrogen) atoms. The van der Waals surface area contributed by atoms with Crippen LogP contribution < -0.4 is 16.4 Å². The Morgan fingerprint density at radius 1 is 1.15 bits per heavy atom. The monoisotopic (exact) mass is 364 g/mol. The predicted octanol–water partition coefficient (Wildman–Crippen LogP) is 2.56. The van der Waals surface area contributed by atoms with Crippen molar-refractivity contribution < 1.29 is 19.5 Å². The van der Waals surface area contributed by atoms with Crippen LogP contribution in [-0.2, 0) is 9.59 Å². The van der Waals surface area contributed by atoms with Crippen LogP contribution in [0.5, 0.6) is 0 Å². The number of aromatic carboxylic acids is 1. The summed E-state index contributed by atoms with van der Waals surface area (Å²) >= 11 is 0. The maximum Gasteiger partial charge on any atom is 0.339 e. The van der Waals surface area contributed by atoms with E-state index in [9.17, 15) is 14.4 Å². The standard InChI is InChI=1S/C18H28N4O4/c1-4-5-6-7-8-14(23)22-18(2,3)9-15(24)21-13-11-20-10-12(16(13)19)17(25)26/h10-11H,4-9H2,1-3H3,(H2,19,20)(H,21,24)(H,22,23)(H,25,26). The van der Waals surface area contributed by atoms with Crippen molar-refractivity contribution in [3.05, 3.63) is 18.0 Å². The van der Waals surface area contributed by atoms with E-state index in [1.54, 1.807) is 13.8 Å². The van der Waals surface area contributed by atoms with Crippen LogP contribution in [0.15, 0.2) is 12.4 Å². The number of carboxylic acid groups (broad SMARTS) is 1. The Kier molecular flexibility index (Phi) is 8.02. The number of aromatic nitrogens is 1. The summed E-state index contributed by atoms with van der Waals surface area (Å²) < 4.78 is 0. The molecule has 1 rings (SSSR count). The highest BCUT2D eigenvalue weighted by molar-refractivity contribution is 6.01. The fourth-order valence-electron chi connectivity index (χ4n) is 2.53. The van der Waals surface area contributed by atoms with Crippen LogP contribution in [0.1, 0.15) is 69.7 Å². The van der Waals surface area contributed by atoms with Gasteiger partial charge in [0.15, 0.2) is 0 Å². The topological polar surface area (TPSA) is 134 Å². The summed E-state index contributed by atoms with van der Waals surface area (Å²) in [5, 5.41) is 14.4. The van der Waals surface area contributed by atoms with Crippen LogP contribution in [0.2, 0.25) is 0 Å². The van der Waals surface area contributed by atoms with Gasteiger partial charge in [0.1, 0.15) is 5.56 Å². The molecule has 0 radical (unpaired) electrons. The third kappa shape index (κ3) is 7.08. The number of rotatable bonds is 10. The molecule has 5 N–H and O–H groups in total. The number of carbonyl (C=O) groups excluding carboxylic acids is 2. The number of nitrogen functional groups attached to an aromatic ring is 1. The van der Waals surface area contributed by atoms with Gasteiger partial charge in [-0.3, -0.25) is 14.6 Å². The lowest BCUT2D eigenvalue weighted by atomic mass is 9.99. The van der Waals surface area contributed by atoms with E-state index in [0.29, 0.717) is 6.42 Å². The van der Waals surface area contributed by atoms with Crippen LogP contribution in [0, 0.1) is 0 Å². The van der Waals surface area contributed by atoms with E-state index in [1.807, 2.05) is 0 Å². The van der Waals surface area contributed by atoms with Crippen LogP contribution >= 0.6 is 0 Å². The summed E-state index contributed by atoms with van der Waals surface area (Å²) in [7, 11) is 0. The zero-order valence-corrected chi connectivity index (χ0v) is 15.6. The number of amides is 2. The summed E-state index contributed by atoms with van der Waals surface area (Å²) in [4.78, 5) is 39.1. The second-order valence-electron chi connectivity index (χ2n) is 6.92. The van der Waals surface area contributed by atoms with Crippen molar-refractivity contribution >= 4 is 29.2 Å². The van der Waals surface area contributed by atoms with E-state index in [4.69, 9.17) is 10.8 Å². The van der Waals surface area contributed by atoms with Crippen LogP contribution in [0.3, 0.4) is 0 Å². The summed E-state index contributed by atoms with van der Waals surface area (Å²) in [6.45, 7) is 5.62. The van der Waals surface area contributed by atoms with E-state index in [2.05, 4.69) is 22.5 Å². The van der Waals surface area contributed by atoms with Crippen LogP contribution in [0.4, 0.5) is 11.4 Å². The Morgan fingerprint density at radius 3 is 2.46 bits per heavy atom. The summed E-state index contributed by atoms with van der Waals surface area (Å²) in [6, 6.07) is 0. The van der Waals surface area contributed by atoms with Crippen molar-refractivity contribution in [1.82, 2.24) is 10.3 Å². The Morgan fingerprint density at radius 2 is 1.85 bits per heavy atom. The van der Waals surface area contributed by atoms with Gasteiger partial charge in [0, 0.05) is 24.6 Å². The van der Waals surface area contributed by atoms with Gasteiger partial charge in [-0.15, -0.1) is 0 Å². The molecule has 2 amide bonds. The molecule has 0 saturated heterocycles. The molecule has 0 aliphatic rings. The van der Waals surface area contributed by atoms with Crippen molar-refractivity contribution in [3.8, 4) is 0 Å². The quantitative estimate of drug-likeness (QED) is 0.471. The van der Waals surface area contributed by atoms with Crippen molar-refractivity contribution in [2.24, 2.45) is 0 Å². The van der Waals surface area contributed by atoms with Gasteiger partial charge in [0.2, 0.25) is 11.8 Å². The van der Waals surface area contributed by atoms with Gasteiger partial charge in [-0.2, -0.15) is 0 Å². The maximum absolute atomic E-state index is 12.2. The normalized spacial score (nSPS) is 11.0. The second-order valence-corrected chi connectivity index (χ2v) is 6.92. The molecule has 144 valence electrons. The van der Waals surface area contributed by atoms with E-state index >= 15 is 0 Å². The van der Waals surface area contributed by atoms with Gasteiger partial charge in [-0.05, 0) is 20.3 Å². The number of nitrogens with zero attached hydrogens (tertiary/aromatic N) is 1. The molecular weight excluding hydrogens is 336 g/mol. The number of anilines is 2. The molecule has 0 aromatic carbocycles. The van der Waals surface area contributed by atoms with Gasteiger partial charge >= 0.3 is 5.97 Å². The van der Waals surface area contributed by atoms with Gasteiger partial charge in [0.05, 0.1) is 17.6 Å². The second kappa shape index (κ2) is 9.74. The highest BCUT2D eigenvalue weighted by atomic mass is 16.4. The Hall–Kier alpha value is -2.64. The number of hydrogen-bond donors (Lipinski definition) is 4. The number of carbonyl (C=O) groups is 3. The molecule has 1 aromatic heterocycles. The molecule has 0 bridgehead atoms. The molecule has 0 unspecified atom stereocenters. The first-order valence-corrected chi connectivity index (χ1v) is 8.74. The van der Waals surface area contributed by atoms with Gasteiger partial charge in [0.25, 0.3) is 0 Å². The Balaban J connectivity index is 2.59. The highest BCUT2D eigenvalue weighted by Crippen LogP contribution is 2.22. The molecule has 8 heteroatoms. The fourth-order valence-corrected chi connectivity index (χ4v) is 2.53. The van der Waals surface area contributed by atoms with Crippen molar-refractivity contribution in [3.63, 3.8) is 0 Å². The average Bonchev–Trinajstić information content (AvgIpc) is 2.52. The summed E-state index contributed by atoms with van der Waals surface area (Å²) in [5.41, 5.74) is 4.91. The van der Waals surface area contributed by atoms with Crippen LogP contribution in [-0.4, -0.2) is 33.4 Å². The maximum atomic E-state index is 12.2. The summed E-state index contributed by atoms with van der Waals surface area (Å²) in [6.07, 6.45) is 6.91. The molecule has 8 nitrogen and oxygen atoms in total. The third-order valence-electron chi connectivity index (χ3n) is 3.83. The van der Waals surface area contributed by atoms with E-state index < -0.39 is 17.4 Å². The highest BCUT2D eigenvalue weighted by Gasteiger charge is 2.24. The number of nitrogens with two attached hydrogens (primary N) is 1. The number of unbranched alkanes of at least 4 members (excludes halogenated alkanes) is 3. The van der Waals surface area contributed by atoms with Gasteiger partial charge < -0.3 is 21.5 Å². The lowest BCUT2D eigenvalue weighted by Gasteiger charge is -2.26. The minimum atomic E-state index is -1.22. The average molecular weight is 364 g/mol. The van der Waals surface area contributed by atoms with Crippen LogP contribution in [0.25, 0.3) is 0 Å². The van der Waals surface area contributed by atoms with Crippen molar-refractivity contribution in [1.29, 1.82) is 0 Å². The number of carboxylic acids is 1. The minimum Gasteiger partial charge on any atom is -0.478 e. The SMILES string of the molecule is CCCCCCC(=O)NC(C)(C)CC(=O)Nc1cncc(C(=O)O)c1N. The first-order valence-electron chi connectivity index (χ1n) is 8.74. The molecule has 1 heterocycles. The lowest BCUT2D eigenvalue weighted by Crippen LogP contribution is -2.45. The van der Waals surface area contributed by atoms with E-state index in [-0.39, 0.29) is 29.3 Å². The number of pyridine rings is 1. The molecule has 0 saturated carbocycles. The minimum absolute atomic E-state index is 0.0183. The van der Waals surface area contributed by atoms with Crippen molar-refractivity contribution in [2.45, 2.75) is 64.8 Å². The number of hydrogen-bond acceptors (Lipinski definition) is 5. The van der Waals surface area contributed by atoms with E-state index in [0.717, 1.165) is 31.9 Å². The number of nitrogens with one attached hydrogen (secondary N) is 2. The van der Waals surface area contributed by atoms with E-state index in [1.165, 1.54) is 6.20 Å². The lowest BCUT2D eigenvalue weighted by molar-refractivity contribution is -0.123. The molecule has 0 atom stereocenters. The predicted molar refractivity (Wildman–Crippen MR) is 99.8 cm³/mol. The molecule has 0 spiro atoms. The molecule has 1 aromatic rings. The van der Waals surface area contributed by atoms with Gasteiger partial charge in [-0.25, -0.2) is 4.79 Å². The zero-order chi connectivity index (χ0) is 19.7. The molecule has 0 fully saturated rings. The Labute approximate surface area is 153 Å². The largest absolute Gasteiger partial charge is 0.478 e. The smallest absolute Gasteiger partial charge is 0.339 e. The first kappa shape index (κ1) is 21.4. The van der Waals surface area contributed by atoms with Crippen molar-refractivity contribution in [2.75, 3.05) is 11.1 Å². The molecule has 0 aliphatic carbocycles. The summed E-state index contributed by atoms with van der Waals surface area (Å²) in [5.74, 6) is -1.70. The third-order valence-corrected chi connectivity index (χ3v) is 3.83. The first-order chi connectivity index (χ1) is 12.2. The Bertz CT molecular complexity index is 659. The fraction of sp³-hybridized carbons (Fsp3) is 0.556. The van der Waals surface area contributed by atoms with Gasteiger partial charge in [-0.1, -0.05) is 26.2 Å². The molecule has 0 aliphatic heterocycles. The zero-order valence-electron chi connectivity index (χ0n) is 15.6. The molecular formula is C18H28N4O4.